The molecule has 0 atom stereocenters. The number of aliphatic hydroxyl groups is 1. The molecule has 3 N–H and O–H groups in total. The van der Waals surface area contributed by atoms with E-state index < -0.39 is 29.9 Å². The average Bonchev–Trinajstić information content (AvgIpc) is 2.70. The Kier molecular flexibility index (Phi) is 8.16. The molecule has 0 radical (unpaired) electrons. The van der Waals surface area contributed by atoms with Crippen LogP contribution in [0.1, 0.15) is 19.1 Å². The van der Waals surface area contributed by atoms with E-state index in [2.05, 4.69) is 10.3 Å². The fraction of sp³-hybridized carbons (Fsp3) is 0.238. The second-order valence-electron chi connectivity index (χ2n) is 6.76. The summed E-state index contributed by atoms with van der Waals surface area (Å²) in [5.74, 6) is -3.07. The summed E-state index contributed by atoms with van der Waals surface area (Å²) in [4.78, 5) is 41.1. The van der Waals surface area contributed by atoms with Crippen molar-refractivity contribution in [3.8, 4) is 11.1 Å². The number of carbonyl (C=O) groups excluding carboxylic acids is 2. The largest absolute Gasteiger partial charge is 1.00 e. The molecule has 30 heavy (non-hydrogen) atoms. The molecule has 2 aromatic rings. The zero-order valence-electron chi connectivity index (χ0n) is 17.9. The van der Waals surface area contributed by atoms with Crippen molar-refractivity contribution in [1.29, 1.82) is 0 Å². The normalized spacial score (nSPS) is 13.6. The van der Waals surface area contributed by atoms with Crippen LogP contribution in [-0.4, -0.2) is 51.0 Å². The number of carbonyl (C=O) groups is 3. The third-order valence-electron chi connectivity index (χ3n) is 4.61. The number of nitrogens with one attached hydrogen (secondary N) is 1. The zero-order valence-corrected chi connectivity index (χ0v) is 18.9. The number of carboxylic acid groups (broad SMARTS) is 1. The molecule has 0 aliphatic carbocycles. The van der Waals surface area contributed by atoms with Gasteiger partial charge in [-0.15, -0.1) is 0 Å². The molecule has 0 fully saturated rings. The number of aliphatic carboxylic acids is 1. The molecule has 1 aromatic carbocycles. The molecule has 0 saturated heterocycles. The second kappa shape index (κ2) is 10.4. The number of aryl methyl sites for hydroxylation is 1. The molecular weight excluding hydrogens is 397 g/mol. The van der Waals surface area contributed by atoms with Crippen molar-refractivity contribution in [2.75, 3.05) is 13.1 Å². The topological polar surface area (TPSA) is 120 Å². The summed E-state index contributed by atoms with van der Waals surface area (Å²) in [5, 5.41) is 20.7. The number of benzene rings is 1. The van der Waals surface area contributed by atoms with E-state index in [1.807, 2.05) is 43.3 Å². The molecule has 1 aromatic heterocycles. The van der Waals surface area contributed by atoms with Gasteiger partial charge in [0, 0.05) is 37.0 Å². The predicted octanol–water partition coefficient (Wildman–Crippen LogP) is -1.08. The van der Waals surface area contributed by atoms with E-state index in [1.54, 1.807) is 6.20 Å². The van der Waals surface area contributed by atoms with Crippen LogP contribution in [0.2, 0.25) is 0 Å². The smallest absolute Gasteiger partial charge is 1.00 e. The van der Waals surface area contributed by atoms with Gasteiger partial charge in [0.1, 0.15) is 17.9 Å². The van der Waals surface area contributed by atoms with Crippen molar-refractivity contribution in [2.45, 2.75) is 19.9 Å². The SMILES string of the molecule is Cc1ccc(-c2ccc(CN3CCC(O)=C(C(=O)NCC(=O)O)C3=O)cc2)cn1.[H-].[Na+]. The Morgan fingerprint density at radius 1 is 1.17 bits per heavy atom. The summed E-state index contributed by atoms with van der Waals surface area (Å²) in [5.41, 5.74) is 3.39. The minimum atomic E-state index is -1.23. The van der Waals surface area contributed by atoms with Crippen molar-refractivity contribution in [1.82, 2.24) is 15.2 Å². The van der Waals surface area contributed by atoms with Gasteiger partial charge in [-0.3, -0.25) is 19.4 Å². The maximum absolute atomic E-state index is 12.6. The summed E-state index contributed by atoms with van der Waals surface area (Å²) >= 11 is 0. The van der Waals surface area contributed by atoms with Crippen molar-refractivity contribution in [3.05, 3.63) is 65.2 Å². The van der Waals surface area contributed by atoms with Gasteiger partial charge in [0.15, 0.2) is 0 Å². The summed E-state index contributed by atoms with van der Waals surface area (Å²) in [7, 11) is 0. The third-order valence-corrected chi connectivity index (χ3v) is 4.61. The molecule has 0 bridgehead atoms. The molecule has 8 nitrogen and oxygen atoms in total. The quantitative estimate of drug-likeness (QED) is 0.405. The number of amides is 2. The molecule has 1 aliphatic heterocycles. The number of aromatic nitrogens is 1. The molecule has 0 unspecified atom stereocenters. The summed E-state index contributed by atoms with van der Waals surface area (Å²) < 4.78 is 0. The maximum atomic E-state index is 12.6. The summed E-state index contributed by atoms with van der Waals surface area (Å²) in [6.07, 6.45) is 1.93. The fourth-order valence-electron chi connectivity index (χ4n) is 3.03. The molecule has 9 heteroatoms. The Hall–Kier alpha value is -2.68. The fourth-order valence-corrected chi connectivity index (χ4v) is 3.03. The van der Waals surface area contributed by atoms with E-state index in [0.717, 1.165) is 22.4 Å². The first-order chi connectivity index (χ1) is 13.8. The number of hydrogen-bond acceptors (Lipinski definition) is 5. The molecule has 3 rings (SSSR count). The van der Waals surface area contributed by atoms with Gasteiger partial charge in [-0.25, -0.2) is 0 Å². The van der Waals surface area contributed by atoms with Crippen molar-refractivity contribution < 1.29 is 55.6 Å². The Morgan fingerprint density at radius 3 is 2.43 bits per heavy atom. The van der Waals surface area contributed by atoms with Crippen LogP contribution in [0.25, 0.3) is 11.1 Å². The van der Waals surface area contributed by atoms with E-state index in [9.17, 15) is 19.5 Å². The first kappa shape index (κ1) is 23.6. The molecule has 152 valence electrons. The Balaban J connectivity index is 0.00000240. The Labute approximate surface area is 197 Å². The van der Waals surface area contributed by atoms with Crippen LogP contribution < -0.4 is 34.9 Å². The van der Waals surface area contributed by atoms with Gasteiger partial charge in [-0.05, 0) is 24.1 Å². The number of rotatable bonds is 6. The second-order valence-corrected chi connectivity index (χ2v) is 6.76. The Morgan fingerprint density at radius 2 is 1.83 bits per heavy atom. The first-order valence-corrected chi connectivity index (χ1v) is 9.08. The summed E-state index contributed by atoms with van der Waals surface area (Å²) in [6, 6.07) is 11.6. The molecule has 0 spiro atoms. The number of pyridine rings is 1. The van der Waals surface area contributed by atoms with Crippen molar-refractivity contribution in [3.63, 3.8) is 0 Å². The minimum Gasteiger partial charge on any atom is -1.00 e. The van der Waals surface area contributed by atoms with Gasteiger partial charge in [0.05, 0.1) is 0 Å². The molecular formula is C21H22N3NaO5. The molecule has 2 amide bonds. The van der Waals surface area contributed by atoms with E-state index in [1.165, 1.54) is 4.90 Å². The van der Waals surface area contributed by atoms with Crippen LogP contribution in [0.4, 0.5) is 0 Å². The van der Waals surface area contributed by atoms with E-state index in [0.29, 0.717) is 0 Å². The van der Waals surface area contributed by atoms with Gasteiger partial charge >= 0.3 is 35.5 Å². The van der Waals surface area contributed by atoms with Crippen molar-refractivity contribution >= 4 is 17.8 Å². The van der Waals surface area contributed by atoms with Crippen LogP contribution in [0.5, 0.6) is 0 Å². The van der Waals surface area contributed by atoms with E-state index >= 15 is 0 Å². The van der Waals surface area contributed by atoms with Gasteiger partial charge in [-0.2, -0.15) is 0 Å². The van der Waals surface area contributed by atoms with E-state index in [-0.39, 0.29) is 56.3 Å². The van der Waals surface area contributed by atoms with Gasteiger partial charge in [0.25, 0.3) is 11.8 Å². The van der Waals surface area contributed by atoms with Crippen LogP contribution in [0.15, 0.2) is 53.9 Å². The molecule has 1 aliphatic rings. The average molecular weight is 419 g/mol. The third kappa shape index (κ3) is 5.69. The van der Waals surface area contributed by atoms with E-state index in [4.69, 9.17) is 5.11 Å². The van der Waals surface area contributed by atoms with Gasteiger partial charge < -0.3 is 21.9 Å². The van der Waals surface area contributed by atoms with Crippen LogP contribution in [-0.2, 0) is 20.9 Å². The van der Waals surface area contributed by atoms with Crippen LogP contribution >= 0.6 is 0 Å². The predicted molar refractivity (Wildman–Crippen MR) is 106 cm³/mol. The minimum absolute atomic E-state index is 0. The monoisotopic (exact) mass is 419 g/mol. The number of nitrogens with zero attached hydrogens (tertiary/aromatic N) is 2. The standard InChI is InChI=1S/C21H21N3O5.Na.H/c1-13-2-5-16(10-22-13)15-6-3-14(4-7-15)12-24-9-8-17(25)19(21(24)29)20(28)23-11-18(26)27;;/h2-7,10,25H,8-9,11-12H2,1H3,(H,23,28)(H,26,27);;/q;+1;-1. The van der Waals surface area contributed by atoms with Crippen molar-refractivity contribution in [2.24, 2.45) is 0 Å². The molecule has 0 saturated carbocycles. The van der Waals surface area contributed by atoms with Gasteiger partial charge in [-0.1, -0.05) is 30.3 Å². The number of hydrogen-bond donors (Lipinski definition) is 3. The van der Waals surface area contributed by atoms with Crippen LogP contribution in [0.3, 0.4) is 0 Å². The Bertz CT molecular complexity index is 978. The zero-order chi connectivity index (χ0) is 21.0. The maximum Gasteiger partial charge on any atom is 1.00 e. The van der Waals surface area contributed by atoms with Crippen LogP contribution in [0, 0.1) is 6.92 Å². The molecule has 2 heterocycles. The number of aliphatic hydroxyl groups excluding tert-OH is 1. The first-order valence-electron chi connectivity index (χ1n) is 9.08. The summed E-state index contributed by atoms with van der Waals surface area (Å²) in [6.45, 7) is 1.83. The van der Waals surface area contributed by atoms with Gasteiger partial charge in [0.2, 0.25) is 0 Å². The number of carboxylic acids is 1.